The van der Waals surface area contributed by atoms with Gasteiger partial charge in [0.1, 0.15) is 5.75 Å². The van der Waals surface area contributed by atoms with Crippen molar-refractivity contribution in [2.75, 3.05) is 13.7 Å². The number of nitrogens with two attached hydrogens (primary N) is 1. The van der Waals surface area contributed by atoms with Gasteiger partial charge in [-0.1, -0.05) is 19.8 Å². The van der Waals surface area contributed by atoms with Crippen LogP contribution in [0.3, 0.4) is 0 Å². The molecule has 0 amide bonds. The first-order valence-corrected chi connectivity index (χ1v) is 9.25. The van der Waals surface area contributed by atoms with E-state index in [4.69, 9.17) is 20.7 Å². The molecule has 0 saturated heterocycles. The zero-order valence-corrected chi connectivity index (χ0v) is 19.1. The van der Waals surface area contributed by atoms with Crippen LogP contribution in [0.5, 0.6) is 5.75 Å². The molecule has 170 valence electrons. The van der Waals surface area contributed by atoms with Crippen molar-refractivity contribution >= 4 is 52.0 Å². The van der Waals surface area contributed by atoms with Gasteiger partial charge in [0, 0.05) is 41.4 Å². The zero-order valence-electron chi connectivity index (χ0n) is 17.4. The number of carboxylic acids is 2. The smallest absolute Gasteiger partial charge is 0.328 e. The van der Waals surface area contributed by atoms with Crippen molar-refractivity contribution in [1.82, 2.24) is 10.4 Å². The molecule has 0 aliphatic rings. The number of carbonyl (C=O) groups is 2. The maximum absolute atomic E-state index is 9.55. The number of H-pyrrole nitrogens is 1. The normalized spacial score (nSPS) is 11.1. The number of ether oxygens (including phenoxy) is 1. The summed E-state index contributed by atoms with van der Waals surface area (Å²) in [7, 11) is 1.65. The summed E-state index contributed by atoms with van der Waals surface area (Å²) in [6.45, 7) is 2.89. The van der Waals surface area contributed by atoms with Gasteiger partial charge in [0.05, 0.1) is 13.3 Å². The molecule has 0 spiro atoms. The number of carboxylic acid groups (broad SMARTS) is 2. The molecule has 2 aromatic rings. The van der Waals surface area contributed by atoms with Crippen LogP contribution in [0.1, 0.15) is 31.7 Å². The number of halogens is 1. The lowest BCUT2D eigenvalue weighted by Crippen LogP contribution is -2.27. The Kier molecular flexibility index (Phi) is 13.8. The molecule has 2 rings (SSSR count). The number of fused-ring (bicyclic) bond motifs is 1. The highest BCUT2D eigenvalue weighted by molar-refractivity contribution is 8.93. The van der Waals surface area contributed by atoms with Gasteiger partial charge in [0.2, 0.25) is 5.96 Å². The summed E-state index contributed by atoms with van der Waals surface area (Å²) in [5.41, 5.74) is 10.5. The van der Waals surface area contributed by atoms with Crippen molar-refractivity contribution in [3.63, 3.8) is 0 Å². The molecule has 0 bridgehead atoms. The second-order valence-electron chi connectivity index (χ2n) is 6.01. The number of aliphatic carboxylic acids is 2. The lowest BCUT2D eigenvalue weighted by atomic mass is 10.2. The number of rotatable bonds is 9. The van der Waals surface area contributed by atoms with Crippen LogP contribution in [-0.2, 0) is 9.59 Å². The van der Waals surface area contributed by atoms with E-state index in [0.29, 0.717) is 18.1 Å². The molecule has 10 nitrogen and oxygen atoms in total. The van der Waals surface area contributed by atoms with Gasteiger partial charge in [-0.2, -0.15) is 5.10 Å². The number of aromatic nitrogens is 1. The third-order valence-electron chi connectivity index (χ3n) is 3.72. The average Bonchev–Trinajstić information content (AvgIpc) is 3.12. The maximum Gasteiger partial charge on any atom is 0.328 e. The lowest BCUT2D eigenvalue weighted by Gasteiger charge is -2.00. The minimum absolute atomic E-state index is 0. The number of aromatic amines is 1. The number of nitrogens with zero attached hydrogens (tertiary/aromatic N) is 2. The molecular formula is C20H28BrN5O5. The Bertz CT molecular complexity index is 908. The van der Waals surface area contributed by atoms with Gasteiger partial charge in [-0.3, -0.25) is 4.99 Å². The highest BCUT2D eigenvalue weighted by Gasteiger charge is 2.03. The Balaban J connectivity index is 0.000000858. The van der Waals surface area contributed by atoms with Crippen molar-refractivity contribution in [3.05, 3.63) is 42.1 Å². The summed E-state index contributed by atoms with van der Waals surface area (Å²) < 4.78 is 5.24. The predicted octanol–water partition coefficient (Wildman–Crippen LogP) is 2.89. The van der Waals surface area contributed by atoms with Crippen LogP contribution in [0.4, 0.5) is 0 Å². The molecule has 11 heteroatoms. The SMILES string of the molecule is Br.CCCCCN=C(N)N/N=C/c1c[nH]c2ccc(OC)cc12.O=C(O)/C=C/C(=O)O. The van der Waals surface area contributed by atoms with Gasteiger partial charge in [0.25, 0.3) is 0 Å². The van der Waals surface area contributed by atoms with E-state index in [-0.39, 0.29) is 17.0 Å². The summed E-state index contributed by atoms with van der Waals surface area (Å²) in [5, 5.41) is 20.8. The van der Waals surface area contributed by atoms with Crippen LogP contribution in [0.2, 0.25) is 0 Å². The second-order valence-corrected chi connectivity index (χ2v) is 6.01. The number of benzene rings is 1. The topological polar surface area (TPSA) is 162 Å². The number of nitrogens with one attached hydrogen (secondary N) is 2. The van der Waals surface area contributed by atoms with Crippen LogP contribution in [-0.4, -0.2) is 53.0 Å². The van der Waals surface area contributed by atoms with E-state index < -0.39 is 11.9 Å². The fourth-order valence-corrected chi connectivity index (χ4v) is 2.26. The predicted molar refractivity (Wildman–Crippen MR) is 126 cm³/mol. The standard InChI is InChI=1S/C16H23N5O.C4H4O4.BrH/c1-3-4-5-8-18-16(17)21-20-11-12-10-19-15-7-6-13(22-2)9-14(12)15;5-3(6)1-2-4(7)8;/h6-7,9-11,19H,3-5,8H2,1-2H3,(H3,17,18,21);1-2H,(H,5,6)(H,7,8);1H/b20-11+;2-1+;. The quantitative estimate of drug-likeness (QED) is 0.117. The van der Waals surface area contributed by atoms with E-state index in [0.717, 1.165) is 41.6 Å². The minimum Gasteiger partial charge on any atom is -0.497 e. The van der Waals surface area contributed by atoms with E-state index in [1.54, 1.807) is 13.3 Å². The molecule has 1 aromatic carbocycles. The molecular weight excluding hydrogens is 470 g/mol. The Hall–Kier alpha value is -3.34. The number of aliphatic imine (C=N–C) groups is 1. The Labute approximate surface area is 190 Å². The minimum atomic E-state index is -1.26. The second kappa shape index (κ2) is 15.5. The van der Waals surface area contributed by atoms with Gasteiger partial charge >= 0.3 is 11.9 Å². The van der Waals surface area contributed by atoms with Crippen LogP contribution < -0.4 is 15.9 Å². The molecule has 0 atom stereocenters. The third kappa shape index (κ3) is 11.4. The number of guanidine groups is 1. The number of hydrogen-bond acceptors (Lipinski definition) is 5. The Morgan fingerprint density at radius 1 is 1.23 bits per heavy atom. The first-order valence-electron chi connectivity index (χ1n) is 9.25. The average molecular weight is 498 g/mol. The first-order chi connectivity index (χ1) is 14.4. The van der Waals surface area contributed by atoms with Crippen molar-refractivity contribution in [3.8, 4) is 5.75 Å². The molecule has 0 radical (unpaired) electrons. The molecule has 1 heterocycles. The summed E-state index contributed by atoms with van der Waals surface area (Å²) >= 11 is 0. The van der Waals surface area contributed by atoms with Crippen molar-refractivity contribution in [2.45, 2.75) is 26.2 Å². The van der Waals surface area contributed by atoms with E-state index in [1.807, 2.05) is 24.4 Å². The number of unbranched alkanes of at least 4 members (excludes halogenated alkanes) is 2. The van der Waals surface area contributed by atoms with Crippen molar-refractivity contribution in [2.24, 2.45) is 15.8 Å². The van der Waals surface area contributed by atoms with Gasteiger partial charge in [-0.15, -0.1) is 17.0 Å². The molecule has 6 N–H and O–H groups in total. The monoisotopic (exact) mass is 497 g/mol. The van der Waals surface area contributed by atoms with Crippen LogP contribution in [0.25, 0.3) is 10.9 Å². The molecule has 0 unspecified atom stereocenters. The molecule has 1 aromatic heterocycles. The highest BCUT2D eigenvalue weighted by atomic mass is 79.9. The maximum atomic E-state index is 9.55. The van der Waals surface area contributed by atoms with Gasteiger partial charge in [0.15, 0.2) is 0 Å². The van der Waals surface area contributed by atoms with Gasteiger partial charge in [-0.25, -0.2) is 15.0 Å². The summed E-state index contributed by atoms with van der Waals surface area (Å²) in [6.07, 6.45) is 8.11. The van der Waals surface area contributed by atoms with E-state index >= 15 is 0 Å². The van der Waals surface area contributed by atoms with Crippen LogP contribution >= 0.6 is 17.0 Å². The lowest BCUT2D eigenvalue weighted by molar-refractivity contribution is -0.134. The molecule has 0 aliphatic heterocycles. The third-order valence-corrected chi connectivity index (χ3v) is 3.72. The summed E-state index contributed by atoms with van der Waals surface area (Å²) in [5.74, 6) is -1.36. The van der Waals surface area contributed by atoms with E-state index in [1.165, 1.54) is 6.42 Å². The van der Waals surface area contributed by atoms with E-state index in [9.17, 15) is 9.59 Å². The zero-order chi connectivity index (χ0) is 22.4. The summed E-state index contributed by atoms with van der Waals surface area (Å²) in [4.78, 5) is 26.5. The van der Waals surface area contributed by atoms with Crippen LogP contribution in [0, 0.1) is 0 Å². The Morgan fingerprint density at radius 2 is 1.90 bits per heavy atom. The number of methoxy groups -OCH3 is 1. The largest absolute Gasteiger partial charge is 0.497 e. The van der Waals surface area contributed by atoms with Crippen molar-refractivity contribution < 1.29 is 24.5 Å². The molecule has 0 aliphatic carbocycles. The fraction of sp³-hybridized carbons (Fsp3) is 0.300. The number of hydrogen-bond donors (Lipinski definition) is 5. The molecule has 0 fully saturated rings. The first kappa shape index (κ1) is 27.7. The number of hydrazone groups is 1. The molecule has 0 saturated carbocycles. The highest BCUT2D eigenvalue weighted by Crippen LogP contribution is 2.22. The van der Waals surface area contributed by atoms with Crippen LogP contribution in [0.15, 0.2) is 46.6 Å². The van der Waals surface area contributed by atoms with Crippen molar-refractivity contribution in [1.29, 1.82) is 0 Å². The molecule has 31 heavy (non-hydrogen) atoms. The van der Waals surface area contributed by atoms with Gasteiger partial charge in [-0.05, 0) is 24.6 Å². The van der Waals surface area contributed by atoms with Gasteiger partial charge < -0.3 is 25.7 Å². The van der Waals surface area contributed by atoms with E-state index in [2.05, 4.69) is 27.4 Å². The fourth-order valence-electron chi connectivity index (χ4n) is 2.26. The Morgan fingerprint density at radius 3 is 2.48 bits per heavy atom. The summed E-state index contributed by atoms with van der Waals surface area (Å²) in [6, 6.07) is 5.86.